The maximum absolute atomic E-state index is 14.9. The Balaban J connectivity index is 1.30. The second kappa shape index (κ2) is 15.3. The van der Waals surface area contributed by atoms with E-state index in [1.54, 1.807) is 16.9 Å². The van der Waals surface area contributed by atoms with Gasteiger partial charge in [0.1, 0.15) is 5.75 Å². The molecular weight excluding hydrogens is 665 g/mol. The minimum Gasteiger partial charge on any atom is -0.497 e. The van der Waals surface area contributed by atoms with Crippen molar-refractivity contribution in [3.63, 3.8) is 0 Å². The second-order valence-electron chi connectivity index (χ2n) is 14.6. The quantitative estimate of drug-likeness (QED) is 0.203. The number of carbonyl (C=O) groups excluding carboxylic acids is 3. The molecule has 2 fully saturated rings. The van der Waals surface area contributed by atoms with E-state index in [1.165, 1.54) is 0 Å². The lowest BCUT2D eigenvalue weighted by molar-refractivity contribution is -0.150. The predicted octanol–water partition coefficient (Wildman–Crippen LogP) is 4.39. The standard InChI is InChI=1S/C39H50N4O7Si/c1-26-36(51(3,4)48)34(22-35(45)42(18-19-44)24-27-10-6-5-7-11-27)50-39(26)32-21-31(49-2)15-16-33(32)43(38(39)47)25-28-12-8-14-30(20-28)41-37(46)29-13-9-17-40-23-29/h5-8,10-12,14-16,20-21,26,29,34,36,40,44,48H,9,13,17-19,22-25H2,1-4H3,(H,41,46)/t26-,29?,34+,36-,39+/m0/s1. The van der Waals surface area contributed by atoms with Gasteiger partial charge in [-0.1, -0.05) is 49.4 Å². The highest BCUT2D eigenvalue weighted by molar-refractivity contribution is 6.71. The molecule has 3 amide bonds. The Kier molecular flexibility index (Phi) is 11.0. The van der Waals surface area contributed by atoms with Gasteiger partial charge in [0, 0.05) is 42.3 Å². The Hall–Kier alpha value is -4.07. The Bertz CT molecular complexity index is 1730. The minimum absolute atomic E-state index is 0.0232. The Morgan fingerprint density at radius 3 is 2.55 bits per heavy atom. The number of piperidine rings is 1. The summed E-state index contributed by atoms with van der Waals surface area (Å²) in [6.45, 7) is 7.67. The zero-order valence-corrected chi connectivity index (χ0v) is 30.9. The number of anilines is 2. The number of nitrogens with zero attached hydrogens (tertiary/aromatic N) is 2. The van der Waals surface area contributed by atoms with Crippen molar-refractivity contribution < 1.29 is 33.8 Å². The first-order valence-corrected chi connectivity index (χ1v) is 20.9. The average Bonchev–Trinajstić information content (AvgIpc) is 3.54. The van der Waals surface area contributed by atoms with E-state index in [0.717, 1.165) is 30.5 Å². The van der Waals surface area contributed by atoms with E-state index < -0.39 is 31.5 Å². The van der Waals surface area contributed by atoms with Crippen LogP contribution in [0.3, 0.4) is 0 Å². The number of rotatable bonds is 12. The molecule has 51 heavy (non-hydrogen) atoms. The molecule has 3 aliphatic rings. The molecule has 0 aliphatic carbocycles. The van der Waals surface area contributed by atoms with E-state index in [4.69, 9.17) is 9.47 Å². The van der Waals surface area contributed by atoms with Crippen LogP contribution < -0.4 is 20.3 Å². The van der Waals surface area contributed by atoms with Gasteiger partial charge in [0.05, 0.1) is 44.4 Å². The third kappa shape index (κ3) is 7.47. The maximum atomic E-state index is 14.9. The fraction of sp³-hybridized carbons (Fsp3) is 0.462. The van der Waals surface area contributed by atoms with E-state index in [0.29, 0.717) is 35.8 Å². The molecule has 272 valence electrons. The van der Waals surface area contributed by atoms with E-state index in [9.17, 15) is 24.3 Å². The van der Waals surface area contributed by atoms with Gasteiger partial charge in [-0.3, -0.25) is 14.4 Å². The number of methoxy groups -OCH3 is 1. The van der Waals surface area contributed by atoms with Crippen LogP contribution in [0, 0.1) is 11.8 Å². The zero-order chi connectivity index (χ0) is 36.3. The number of hydrogen-bond donors (Lipinski definition) is 4. The molecule has 1 spiro atoms. The van der Waals surface area contributed by atoms with Crippen LogP contribution in [0.4, 0.5) is 11.4 Å². The Morgan fingerprint density at radius 2 is 1.86 bits per heavy atom. The summed E-state index contributed by atoms with van der Waals surface area (Å²) in [5, 5.41) is 16.2. The van der Waals surface area contributed by atoms with Crippen molar-refractivity contribution >= 4 is 37.4 Å². The number of carbonyl (C=O) groups is 3. The Morgan fingerprint density at radius 1 is 1.10 bits per heavy atom. The van der Waals surface area contributed by atoms with Crippen LogP contribution in [0.5, 0.6) is 5.75 Å². The second-order valence-corrected chi connectivity index (χ2v) is 18.6. The number of hydrogen-bond acceptors (Lipinski definition) is 8. The van der Waals surface area contributed by atoms with Crippen molar-refractivity contribution in [3.8, 4) is 5.75 Å². The van der Waals surface area contributed by atoms with Crippen molar-refractivity contribution in [3.05, 3.63) is 89.5 Å². The number of ether oxygens (including phenoxy) is 2. The van der Waals surface area contributed by atoms with Crippen LogP contribution in [0.2, 0.25) is 18.6 Å². The number of amides is 3. The van der Waals surface area contributed by atoms with Gasteiger partial charge in [-0.25, -0.2) is 0 Å². The molecule has 0 aromatic heterocycles. The number of fused-ring (bicyclic) bond motifs is 2. The molecule has 4 N–H and O–H groups in total. The predicted molar refractivity (Wildman–Crippen MR) is 198 cm³/mol. The Labute approximate surface area is 301 Å². The first-order chi connectivity index (χ1) is 24.5. The van der Waals surface area contributed by atoms with Crippen molar-refractivity contribution in [1.82, 2.24) is 10.2 Å². The van der Waals surface area contributed by atoms with Gasteiger partial charge in [-0.2, -0.15) is 0 Å². The van der Waals surface area contributed by atoms with Crippen molar-refractivity contribution in [2.75, 3.05) is 43.6 Å². The smallest absolute Gasteiger partial charge is 0.264 e. The van der Waals surface area contributed by atoms with Crippen molar-refractivity contribution in [1.29, 1.82) is 0 Å². The summed E-state index contributed by atoms with van der Waals surface area (Å²) in [7, 11) is -1.47. The fourth-order valence-corrected chi connectivity index (χ4v) is 10.9. The van der Waals surface area contributed by atoms with Crippen LogP contribution in [-0.4, -0.2) is 80.3 Å². The molecular formula is C39H50N4O7Si. The molecule has 6 rings (SSSR count). The summed E-state index contributed by atoms with van der Waals surface area (Å²) in [5.41, 5.74) is 1.82. The van der Waals surface area contributed by atoms with Crippen LogP contribution in [-0.2, 0) is 37.8 Å². The molecule has 11 nitrogen and oxygen atoms in total. The molecule has 3 aliphatic heterocycles. The molecule has 0 saturated carbocycles. The maximum Gasteiger partial charge on any atom is 0.264 e. The molecule has 2 saturated heterocycles. The third-order valence-electron chi connectivity index (χ3n) is 10.7. The minimum atomic E-state index is -3.04. The van der Waals surface area contributed by atoms with E-state index in [1.807, 2.05) is 92.8 Å². The fourth-order valence-electron chi connectivity index (χ4n) is 8.31. The molecule has 1 unspecified atom stereocenters. The van der Waals surface area contributed by atoms with Gasteiger partial charge >= 0.3 is 0 Å². The number of aliphatic hydroxyl groups excluding tert-OH is 1. The summed E-state index contributed by atoms with van der Waals surface area (Å²) < 4.78 is 12.5. The SMILES string of the molecule is COc1ccc2c(c1)[C@@]1(O[C@H](CC(=O)N(CCO)Cc3ccccc3)[C@@H]([Si](C)(C)O)[C@@H]1C)C(=O)N2Cc1cccc(NC(=O)C2CCCNC2)c1. The van der Waals surface area contributed by atoms with Gasteiger partial charge in [-0.15, -0.1) is 0 Å². The summed E-state index contributed by atoms with van der Waals surface area (Å²) in [6.07, 6.45) is 1.01. The molecule has 3 heterocycles. The topological polar surface area (TPSA) is 141 Å². The van der Waals surface area contributed by atoms with Gasteiger partial charge < -0.3 is 39.8 Å². The number of benzene rings is 3. The van der Waals surface area contributed by atoms with Crippen LogP contribution in [0.25, 0.3) is 0 Å². The van der Waals surface area contributed by atoms with Crippen LogP contribution in [0.1, 0.15) is 42.9 Å². The molecule has 0 radical (unpaired) electrons. The summed E-state index contributed by atoms with van der Waals surface area (Å²) in [4.78, 5) is 56.9. The average molecular weight is 715 g/mol. The van der Waals surface area contributed by atoms with Gasteiger partial charge in [0.25, 0.3) is 5.91 Å². The van der Waals surface area contributed by atoms with Crippen LogP contribution >= 0.6 is 0 Å². The lowest BCUT2D eigenvalue weighted by atomic mass is 9.82. The largest absolute Gasteiger partial charge is 0.497 e. The summed E-state index contributed by atoms with van der Waals surface area (Å²) in [6, 6.07) is 22.6. The normalized spacial score (nSPS) is 24.4. The number of nitrogens with one attached hydrogen (secondary N) is 2. The highest BCUT2D eigenvalue weighted by atomic mass is 28.4. The molecule has 5 atom stereocenters. The van der Waals surface area contributed by atoms with Gasteiger partial charge in [-0.05, 0) is 73.9 Å². The van der Waals surface area contributed by atoms with Gasteiger partial charge in [0.2, 0.25) is 11.8 Å². The third-order valence-corrected chi connectivity index (χ3v) is 13.2. The highest BCUT2D eigenvalue weighted by Gasteiger charge is 2.66. The first kappa shape index (κ1) is 36.7. The lowest BCUT2D eigenvalue weighted by Gasteiger charge is -2.32. The summed E-state index contributed by atoms with van der Waals surface area (Å²) in [5.74, 6) is -0.511. The number of aliphatic hydroxyl groups is 1. The zero-order valence-electron chi connectivity index (χ0n) is 29.9. The highest BCUT2D eigenvalue weighted by Crippen LogP contribution is 2.60. The van der Waals surface area contributed by atoms with Crippen molar-refractivity contribution in [2.45, 2.75) is 69.6 Å². The van der Waals surface area contributed by atoms with E-state index in [-0.39, 0.29) is 49.8 Å². The molecule has 3 aromatic rings. The van der Waals surface area contributed by atoms with E-state index >= 15 is 0 Å². The molecule has 12 heteroatoms. The van der Waals surface area contributed by atoms with Crippen LogP contribution in [0.15, 0.2) is 72.8 Å². The molecule has 0 bridgehead atoms. The molecule has 3 aromatic carbocycles. The van der Waals surface area contributed by atoms with Gasteiger partial charge in [0.15, 0.2) is 13.9 Å². The monoisotopic (exact) mass is 714 g/mol. The summed E-state index contributed by atoms with van der Waals surface area (Å²) >= 11 is 0. The van der Waals surface area contributed by atoms with E-state index in [2.05, 4.69) is 10.6 Å². The lowest BCUT2D eigenvalue weighted by Crippen LogP contribution is -2.46. The first-order valence-electron chi connectivity index (χ1n) is 17.9. The van der Waals surface area contributed by atoms with Crippen molar-refractivity contribution in [2.24, 2.45) is 11.8 Å².